The molecular formula is C23H14Cl2N4O5S2. The number of hydrogen-bond acceptors (Lipinski definition) is 8. The van der Waals surface area contributed by atoms with Gasteiger partial charge >= 0.3 is 11.7 Å². The first-order valence-corrected chi connectivity index (χ1v) is 12.9. The summed E-state index contributed by atoms with van der Waals surface area (Å²) in [6.07, 6.45) is 1.52. The highest BCUT2D eigenvalue weighted by Crippen LogP contribution is 2.40. The van der Waals surface area contributed by atoms with Gasteiger partial charge in [-0.15, -0.1) is 22.7 Å². The second-order valence-electron chi connectivity index (χ2n) is 7.84. The van der Waals surface area contributed by atoms with Gasteiger partial charge in [-0.05, 0) is 31.0 Å². The first-order valence-electron chi connectivity index (χ1n) is 10.4. The Hall–Kier alpha value is -3.43. The lowest BCUT2D eigenvalue weighted by Crippen LogP contribution is -2.34. The van der Waals surface area contributed by atoms with Crippen molar-refractivity contribution < 1.29 is 14.3 Å². The number of nitrogens with zero attached hydrogens (tertiary/aromatic N) is 3. The summed E-state index contributed by atoms with van der Waals surface area (Å²) in [5.41, 5.74) is -0.705. The Balaban J connectivity index is 1.63. The highest BCUT2D eigenvalue weighted by molar-refractivity contribution is 7.18. The molecule has 1 N–H and O–H groups in total. The minimum absolute atomic E-state index is 0.00722. The number of carbonyl (C=O) groups excluding carboxylic acids is 2. The van der Waals surface area contributed by atoms with E-state index in [2.05, 4.69) is 4.98 Å². The van der Waals surface area contributed by atoms with E-state index in [0.29, 0.717) is 5.69 Å². The Labute approximate surface area is 220 Å². The van der Waals surface area contributed by atoms with Gasteiger partial charge in [0.25, 0.3) is 11.5 Å². The fourth-order valence-electron chi connectivity index (χ4n) is 3.83. The van der Waals surface area contributed by atoms with Gasteiger partial charge in [0.15, 0.2) is 0 Å². The number of benzene rings is 1. The Morgan fingerprint density at radius 3 is 2.69 bits per heavy atom. The van der Waals surface area contributed by atoms with Crippen molar-refractivity contribution in [3.05, 3.63) is 75.2 Å². The molecule has 3 heterocycles. The van der Waals surface area contributed by atoms with E-state index in [0.717, 1.165) is 40.1 Å². The summed E-state index contributed by atoms with van der Waals surface area (Å²) in [5, 5.41) is 11.0. The van der Waals surface area contributed by atoms with Crippen LogP contribution in [-0.2, 0) is 4.74 Å². The zero-order valence-corrected chi connectivity index (χ0v) is 21.5. The quantitative estimate of drug-likeness (QED) is 0.356. The largest absolute Gasteiger partial charge is 0.465 e. The number of H-pyrrole nitrogens is 1. The minimum Gasteiger partial charge on any atom is -0.465 e. The SMILES string of the molecule is COC(=O)c1scc2[nH]c(=O)n(-c3cc(C(=O)N(c4cccc(C#N)c4Cl)C4CC4)sc3Cl)c(=O)c12. The number of halogens is 2. The minimum atomic E-state index is -0.774. The molecule has 0 radical (unpaired) electrons. The van der Waals surface area contributed by atoms with Gasteiger partial charge in [0.2, 0.25) is 0 Å². The van der Waals surface area contributed by atoms with Gasteiger partial charge in [-0.2, -0.15) is 5.26 Å². The molecular weight excluding hydrogens is 547 g/mol. The normalized spacial score (nSPS) is 12.9. The number of aromatic amines is 1. The first-order chi connectivity index (χ1) is 17.3. The summed E-state index contributed by atoms with van der Waals surface area (Å²) < 4.78 is 5.57. The average molecular weight is 561 g/mol. The molecule has 0 aliphatic heterocycles. The summed E-state index contributed by atoms with van der Waals surface area (Å²) in [5.74, 6) is -1.14. The smallest absolute Gasteiger partial charge is 0.348 e. The maximum atomic E-state index is 13.6. The van der Waals surface area contributed by atoms with E-state index < -0.39 is 23.1 Å². The van der Waals surface area contributed by atoms with Crippen molar-refractivity contribution in [3.63, 3.8) is 0 Å². The fourth-order valence-corrected chi connectivity index (χ4v) is 6.19. The number of ether oxygens (including phenoxy) is 1. The van der Waals surface area contributed by atoms with Crippen LogP contribution in [0.2, 0.25) is 9.36 Å². The number of carbonyl (C=O) groups is 2. The third-order valence-electron chi connectivity index (χ3n) is 5.63. The molecule has 182 valence electrons. The van der Waals surface area contributed by atoms with Crippen molar-refractivity contribution in [2.75, 3.05) is 12.0 Å². The molecule has 1 aliphatic carbocycles. The van der Waals surface area contributed by atoms with Crippen LogP contribution in [0.25, 0.3) is 16.6 Å². The van der Waals surface area contributed by atoms with Crippen molar-refractivity contribution in [2.45, 2.75) is 18.9 Å². The maximum Gasteiger partial charge on any atom is 0.348 e. The number of nitriles is 1. The number of methoxy groups -OCH3 is 1. The maximum absolute atomic E-state index is 13.6. The standard InChI is InChI=1S/C23H14Cl2N4O5S2/c1-34-22(32)18-16-12(9-35-18)27-23(33)29(21(16)31)14-7-15(36-19(14)25)20(30)28(11-5-6-11)13-4-2-3-10(8-26)17(13)24/h2-4,7,9,11H,5-6H2,1H3,(H,27,33). The second kappa shape index (κ2) is 9.22. The summed E-state index contributed by atoms with van der Waals surface area (Å²) in [6.45, 7) is 0. The van der Waals surface area contributed by atoms with E-state index in [1.54, 1.807) is 18.2 Å². The predicted octanol–water partition coefficient (Wildman–Crippen LogP) is 4.58. The highest BCUT2D eigenvalue weighted by atomic mass is 35.5. The van der Waals surface area contributed by atoms with Crippen LogP contribution < -0.4 is 16.1 Å². The molecule has 1 saturated carbocycles. The second-order valence-corrected chi connectivity index (χ2v) is 10.8. The van der Waals surface area contributed by atoms with E-state index in [-0.39, 0.29) is 47.3 Å². The molecule has 13 heteroatoms. The molecule has 9 nitrogen and oxygen atoms in total. The van der Waals surface area contributed by atoms with E-state index in [1.807, 2.05) is 6.07 Å². The zero-order valence-electron chi connectivity index (χ0n) is 18.3. The van der Waals surface area contributed by atoms with Crippen LogP contribution in [0, 0.1) is 11.3 Å². The van der Waals surface area contributed by atoms with Crippen molar-refractivity contribution >= 4 is 74.3 Å². The lowest BCUT2D eigenvalue weighted by molar-refractivity contribution is 0.0608. The van der Waals surface area contributed by atoms with Crippen LogP contribution in [-0.4, -0.2) is 34.6 Å². The molecule has 1 aromatic carbocycles. The van der Waals surface area contributed by atoms with Crippen molar-refractivity contribution in [1.82, 2.24) is 9.55 Å². The van der Waals surface area contributed by atoms with Crippen molar-refractivity contribution in [3.8, 4) is 11.8 Å². The summed E-state index contributed by atoms with van der Waals surface area (Å²) in [6, 6.07) is 8.12. The summed E-state index contributed by atoms with van der Waals surface area (Å²) in [4.78, 5) is 56.2. The van der Waals surface area contributed by atoms with Crippen LogP contribution in [0.4, 0.5) is 5.69 Å². The molecule has 3 aromatic heterocycles. The molecule has 36 heavy (non-hydrogen) atoms. The number of aromatic nitrogens is 2. The van der Waals surface area contributed by atoms with Crippen LogP contribution in [0.3, 0.4) is 0 Å². The van der Waals surface area contributed by atoms with Crippen molar-refractivity contribution in [1.29, 1.82) is 5.26 Å². The molecule has 0 unspecified atom stereocenters. The molecule has 1 aliphatic rings. The molecule has 0 atom stereocenters. The number of nitrogens with one attached hydrogen (secondary N) is 1. The van der Waals surface area contributed by atoms with E-state index >= 15 is 0 Å². The molecule has 0 bridgehead atoms. The monoisotopic (exact) mass is 560 g/mol. The average Bonchev–Trinajstić information content (AvgIpc) is 3.49. The Morgan fingerprint density at radius 2 is 2.03 bits per heavy atom. The van der Waals surface area contributed by atoms with Gasteiger partial charge in [-0.25, -0.2) is 14.2 Å². The lowest BCUT2D eigenvalue weighted by Gasteiger charge is -2.23. The van der Waals surface area contributed by atoms with Gasteiger partial charge in [-0.3, -0.25) is 9.59 Å². The Kier molecular flexibility index (Phi) is 6.22. The lowest BCUT2D eigenvalue weighted by atomic mass is 10.2. The van der Waals surface area contributed by atoms with Gasteiger partial charge in [0, 0.05) is 11.4 Å². The van der Waals surface area contributed by atoms with Gasteiger partial charge in [-0.1, -0.05) is 29.3 Å². The van der Waals surface area contributed by atoms with Gasteiger partial charge in [0.1, 0.15) is 15.3 Å². The van der Waals surface area contributed by atoms with Crippen LogP contribution >= 0.6 is 45.9 Å². The van der Waals surface area contributed by atoms with Crippen molar-refractivity contribution in [2.24, 2.45) is 0 Å². The molecule has 0 saturated heterocycles. The zero-order chi connectivity index (χ0) is 25.7. The number of hydrogen-bond donors (Lipinski definition) is 1. The summed E-state index contributed by atoms with van der Waals surface area (Å²) >= 11 is 14.7. The molecule has 5 rings (SSSR count). The fraction of sp³-hybridized carbons (Fsp3) is 0.174. The molecule has 0 spiro atoms. The Bertz CT molecular complexity index is 1720. The third-order valence-corrected chi connectivity index (χ3v) is 8.32. The number of amides is 1. The number of thiophene rings is 2. The number of anilines is 1. The number of rotatable bonds is 5. The predicted molar refractivity (Wildman–Crippen MR) is 138 cm³/mol. The molecule has 1 amide bonds. The van der Waals surface area contributed by atoms with Gasteiger partial charge < -0.3 is 14.6 Å². The summed E-state index contributed by atoms with van der Waals surface area (Å²) in [7, 11) is 1.19. The van der Waals surface area contributed by atoms with E-state index in [1.165, 1.54) is 23.5 Å². The topological polar surface area (TPSA) is 125 Å². The first kappa shape index (κ1) is 24.3. The third kappa shape index (κ3) is 3.92. The molecule has 4 aromatic rings. The number of fused-ring (bicyclic) bond motifs is 1. The highest BCUT2D eigenvalue weighted by Gasteiger charge is 2.37. The molecule has 1 fully saturated rings. The van der Waals surface area contributed by atoms with Crippen LogP contribution in [0.5, 0.6) is 0 Å². The van der Waals surface area contributed by atoms with Crippen LogP contribution in [0.15, 0.2) is 39.2 Å². The number of esters is 1. The Morgan fingerprint density at radius 1 is 1.28 bits per heavy atom. The van der Waals surface area contributed by atoms with Crippen LogP contribution in [0.1, 0.15) is 37.7 Å². The van der Waals surface area contributed by atoms with E-state index in [9.17, 15) is 24.4 Å². The van der Waals surface area contributed by atoms with E-state index in [4.69, 9.17) is 27.9 Å². The van der Waals surface area contributed by atoms with Gasteiger partial charge in [0.05, 0.1) is 44.9 Å².